The quantitative estimate of drug-likeness (QED) is 0.642. The summed E-state index contributed by atoms with van der Waals surface area (Å²) in [6.45, 7) is 4.92. The summed E-state index contributed by atoms with van der Waals surface area (Å²) in [5.41, 5.74) is 1.82. The molecule has 1 aliphatic rings. The van der Waals surface area contributed by atoms with Crippen LogP contribution in [0.5, 0.6) is 0 Å². The number of rotatable bonds is 5. The standard InChI is InChI=1S/C21H24F2N6O2/c1-3-15-21(31)25-17-10-13(12-29(17)26-15)11-27-6-8-28(9-7-27)16-5-4-14(20(30)24-2)18(22)19(16)23/h4-5,10,12H,3,6-9,11H2,1-2H3,(H,24,30)(H,25,31). The van der Waals surface area contributed by atoms with Crippen LogP contribution in [-0.4, -0.2) is 58.6 Å². The number of H-pyrrole nitrogens is 1. The van der Waals surface area contributed by atoms with Crippen LogP contribution in [0.25, 0.3) is 5.65 Å². The van der Waals surface area contributed by atoms with Crippen molar-refractivity contribution in [1.29, 1.82) is 0 Å². The van der Waals surface area contributed by atoms with Crippen molar-refractivity contribution in [1.82, 2.24) is 24.8 Å². The van der Waals surface area contributed by atoms with Crippen molar-refractivity contribution in [2.24, 2.45) is 0 Å². The lowest BCUT2D eigenvalue weighted by molar-refractivity contribution is 0.0958. The Morgan fingerprint density at radius 3 is 2.61 bits per heavy atom. The highest BCUT2D eigenvalue weighted by molar-refractivity contribution is 5.94. The molecule has 1 amide bonds. The molecule has 0 saturated carbocycles. The van der Waals surface area contributed by atoms with Crippen molar-refractivity contribution >= 4 is 17.2 Å². The molecule has 10 heteroatoms. The Hall–Kier alpha value is -3.27. The lowest BCUT2D eigenvalue weighted by Gasteiger charge is -2.36. The van der Waals surface area contributed by atoms with Crippen molar-refractivity contribution in [3.63, 3.8) is 0 Å². The van der Waals surface area contributed by atoms with E-state index < -0.39 is 17.5 Å². The predicted molar refractivity (Wildman–Crippen MR) is 112 cm³/mol. The Bertz CT molecular complexity index is 1180. The zero-order chi connectivity index (χ0) is 22.1. The van der Waals surface area contributed by atoms with Crippen LogP contribution in [0.4, 0.5) is 14.5 Å². The van der Waals surface area contributed by atoms with E-state index in [2.05, 4.69) is 20.3 Å². The molecule has 3 aromatic rings. The molecule has 31 heavy (non-hydrogen) atoms. The van der Waals surface area contributed by atoms with Gasteiger partial charge in [0.1, 0.15) is 11.3 Å². The fraction of sp³-hybridized carbons (Fsp3) is 0.381. The number of amides is 1. The Kier molecular flexibility index (Phi) is 5.73. The van der Waals surface area contributed by atoms with Gasteiger partial charge in [0.2, 0.25) is 0 Å². The van der Waals surface area contributed by atoms with E-state index in [1.165, 1.54) is 19.2 Å². The number of aromatic nitrogens is 3. The topological polar surface area (TPSA) is 85.7 Å². The van der Waals surface area contributed by atoms with Crippen LogP contribution in [0, 0.1) is 11.6 Å². The molecule has 1 aliphatic heterocycles. The molecule has 0 unspecified atom stereocenters. The highest BCUT2D eigenvalue weighted by Gasteiger charge is 2.24. The third kappa shape index (κ3) is 4.02. The number of hydrogen-bond donors (Lipinski definition) is 2. The van der Waals surface area contributed by atoms with Gasteiger partial charge in [-0.15, -0.1) is 0 Å². The van der Waals surface area contributed by atoms with Crippen molar-refractivity contribution in [2.75, 3.05) is 38.1 Å². The summed E-state index contributed by atoms with van der Waals surface area (Å²) >= 11 is 0. The van der Waals surface area contributed by atoms with Crippen LogP contribution in [0.1, 0.15) is 28.5 Å². The minimum absolute atomic E-state index is 0.160. The van der Waals surface area contributed by atoms with Gasteiger partial charge in [-0.25, -0.2) is 13.3 Å². The second kappa shape index (κ2) is 8.46. The Labute approximate surface area is 177 Å². The summed E-state index contributed by atoms with van der Waals surface area (Å²) in [5.74, 6) is -2.79. The number of nitrogens with one attached hydrogen (secondary N) is 2. The van der Waals surface area contributed by atoms with Gasteiger partial charge in [-0.2, -0.15) is 5.10 Å². The fourth-order valence-electron chi connectivity index (χ4n) is 3.86. The largest absolute Gasteiger partial charge is 0.367 e. The summed E-state index contributed by atoms with van der Waals surface area (Å²) in [6, 6.07) is 4.66. The number of aromatic amines is 1. The number of carbonyl (C=O) groups is 1. The molecular formula is C21H24F2N6O2. The molecule has 0 aliphatic carbocycles. The van der Waals surface area contributed by atoms with Crippen LogP contribution >= 0.6 is 0 Å². The van der Waals surface area contributed by atoms with Gasteiger partial charge >= 0.3 is 0 Å². The van der Waals surface area contributed by atoms with Crippen LogP contribution in [0.2, 0.25) is 0 Å². The van der Waals surface area contributed by atoms with Crippen LogP contribution in [0.3, 0.4) is 0 Å². The monoisotopic (exact) mass is 430 g/mol. The zero-order valence-corrected chi connectivity index (χ0v) is 17.4. The number of anilines is 1. The number of nitrogens with zero attached hydrogens (tertiary/aromatic N) is 4. The van der Waals surface area contributed by atoms with Gasteiger partial charge in [0.05, 0.1) is 11.3 Å². The Morgan fingerprint density at radius 1 is 1.19 bits per heavy atom. The number of carbonyl (C=O) groups excluding carboxylic acids is 1. The van der Waals surface area contributed by atoms with E-state index in [1.54, 1.807) is 9.42 Å². The summed E-state index contributed by atoms with van der Waals surface area (Å²) in [6.07, 6.45) is 2.45. The van der Waals surface area contributed by atoms with Gasteiger partial charge in [0.25, 0.3) is 11.5 Å². The van der Waals surface area contributed by atoms with E-state index in [1.807, 2.05) is 19.2 Å². The van der Waals surface area contributed by atoms with Gasteiger partial charge in [-0.3, -0.25) is 14.5 Å². The molecule has 164 valence electrons. The number of benzene rings is 1. The minimum atomic E-state index is -1.13. The highest BCUT2D eigenvalue weighted by atomic mass is 19.2. The number of aryl methyl sites for hydroxylation is 1. The lowest BCUT2D eigenvalue weighted by atomic mass is 10.1. The molecule has 3 heterocycles. The summed E-state index contributed by atoms with van der Waals surface area (Å²) < 4.78 is 30.5. The highest BCUT2D eigenvalue weighted by Crippen LogP contribution is 2.25. The minimum Gasteiger partial charge on any atom is -0.367 e. The fourth-order valence-corrected chi connectivity index (χ4v) is 3.86. The maximum atomic E-state index is 14.6. The number of hydrogen-bond acceptors (Lipinski definition) is 5. The first-order valence-electron chi connectivity index (χ1n) is 10.2. The molecule has 8 nitrogen and oxygen atoms in total. The maximum absolute atomic E-state index is 14.6. The van der Waals surface area contributed by atoms with Gasteiger partial charge in [-0.05, 0) is 30.2 Å². The van der Waals surface area contributed by atoms with Crippen molar-refractivity contribution in [2.45, 2.75) is 19.9 Å². The molecule has 0 radical (unpaired) electrons. The van der Waals surface area contributed by atoms with Crippen molar-refractivity contribution in [3.8, 4) is 0 Å². The molecule has 2 aromatic heterocycles. The predicted octanol–water partition coefficient (Wildman–Crippen LogP) is 1.54. The lowest BCUT2D eigenvalue weighted by Crippen LogP contribution is -2.46. The second-order valence-electron chi connectivity index (χ2n) is 7.54. The molecule has 1 aromatic carbocycles. The van der Waals surface area contributed by atoms with E-state index in [0.29, 0.717) is 50.5 Å². The molecule has 2 N–H and O–H groups in total. The number of fused-ring (bicyclic) bond motifs is 1. The molecule has 0 spiro atoms. The van der Waals surface area contributed by atoms with Gasteiger partial charge in [0.15, 0.2) is 11.6 Å². The number of halogens is 2. The maximum Gasteiger partial charge on any atom is 0.273 e. The smallest absolute Gasteiger partial charge is 0.273 e. The molecule has 1 saturated heterocycles. The summed E-state index contributed by atoms with van der Waals surface area (Å²) in [5, 5.41) is 6.65. The number of piperazine rings is 1. The van der Waals surface area contributed by atoms with Gasteiger partial charge in [-0.1, -0.05) is 6.92 Å². The first-order chi connectivity index (χ1) is 14.9. The third-order valence-corrected chi connectivity index (χ3v) is 5.58. The van der Waals surface area contributed by atoms with Gasteiger partial charge in [0, 0.05) is 46.0 Å². The van der Waals surface area contributed by atoms with E-state index in [0.717, 1.165) is 5.56 Å². The van der Waals surface area contributed by atoms with Crippen molar-refractivity contribution in [3.05, 3.63) is 63.2 Å². The van der Waals surface area contributed by atoms with Gasteiger partial charge < -0.3 is 15.2 Å². The van der Waals surface area contributed by atoms with Crippen LogP contribution < -0.4 is 15.8 Å². The van der Waals surface area contributed by atoms with E-state index in [-0.39, 0.29) is 16.8 Å². The molecule has 1 fully saturated rings. The molecule has 0 atom stereocenters. The zero-order valence-electron chi connectivity index (χ0n) is 17.4. The first-order valence-corrected chi connectivity index (χ1v) is 10.2. The average Bonchev–Trinajstić information content (AvgIpc) is 3.16. The molecular weight excluding hydrogens is 406 g/mol. The normalized spacial score (nSPS) is 14.9. The second-order valence-corrected chi connectivity index (χ2v) is 7.54. The van der Waals surface area contributed by atoms with E-state index >= 15 is 0 Å². The van der Waals surface area contributed by atoms with Crippen LogP contribution in [-0.2, 0) is 13.0 Å². The van der Waals surface area contributed by atoms with Crippen molar-refractivity contribution < 1.29 is 13.6 Å². The average molecular weight is 430 g/mol. The first kappa shape index (κ1) is 21.0. The Balaban J connectivity index is 1.43. The van der Waals surface area contributed by atoms with E-state index in [9.17, 15) is 18.4 Å². The summed E-state index contributed by atoms with van der Waals surface area (Å²) in [4.78, 5) is 30.4. The molecule has 0 bridgehead atoms. The SMILES string of the molecule is CCc1nn2cc(CN3CCN(c4ccc(C(=O)NC)c(F)c4F)CC3)cc2[nH]c1=O. The summed E-state index contributed by atoms with van der Waals surface area (Å²) in [7, 11) is 1.37. The Morgan fingerprint density at radius 2 is 1.94 bits per heavy atom. The van der Waals surface area contributed by atoms with Crippen LogP contribution in [0.15, 0.2) is 29.2 Å². The third-order valence-electron chi connectivity index (χ3n) is 5.58. The molecule has 4 rings (SSSR count). The van der Waals surface area contributed by atoms with E-state index in [4.69, 9.17) is 0 Å².